The van der Waals surface area contributed by atoms with Crippen LogP contribution in [0.5, 0.6) is 0 Å². The van der Waals surface area contributed by atoms with Gasteiger partial charge in [0.25, 0.3) is 0 Å². The molecule has 2 aliphatic heterocycles. The van der Waals surface area contributed by atoms with Crippen molar-refractivity contribution in [3.05, 3.63) is 24.3 Å². The topological polar surface area (TPSA) is 118 Å². The number of hydrogen-bond acceptors (Lipinski definition) is 7. The van der Waals surface area contributed by atoms with Crippen LogP contribution < -0.4 is 0 Å². The van der Waals surface area contributed by atoms with Gasteiger partial charge in [-0.15, -0.1) is 0 Å². The first-order valence-corrected chi connectivity index (χ1v) is 10.7. The number of likely N-dealkylation sites (tertiary alicyclic amines) is 2. The van der Waals surface area contributed by atoms with Crippen molar-refractivity contribution in [1.82, 2.24) is 9.80 Å². The van der Waals surface area contributed by atoms with Crippen LogP contribution in [-0.2, 0) is 33.5 Å². The van der Waals surface area contributed by atoms with E-state index in [2.05, 4.69) is 0 Å². The number of amides is 4. The Labute approximate surface area is 177 Å². The summed E-state index contributed by atoms with van der Waals surface area (Å²) < 4.78 is 4.75. The van der Waals surface area contributed by atoms with Gasteiger partial charge in [-0.05, 0) is 36.5 Å². The van der Waals surface area contributed by atoms with Crippen molar-refractivity contribution >= 4 is 35.6 Å². The van der Waals surface area contributed by atoms with Gasteiger partial charge < -0.3 is 4.74 Å². The molecule has 4 fully saturated rings. The lowest BCUT2D eigenvalue weighted by molar-refractivity contribution is -0.166. The molecule has 2 saturated carbocycles. The number of hydrogen-bond donors (Lipinski definition) is 0. The van der Waals surface area contributed by atoms with Crippen molar-refractivity contribution in [1.29, 1.82) is 0 Å². The second-order valence-corrected chi connectivity index (χ2v) is 9.37. The molecule has 0 N–H and O–H groups in total. The molecule has 4 aliphatic carbocycles. The summed E-state index contributed by atoms with van der Waals surface area (Å²) in [6.45, 7) is -1.28. The molecule has 160 valence electrons. The minimum atomic E-state index is -1.05. The summed E-state index contributed by atoms with van der Waals surface area (Å²) in [6.07, 6.45) is 9.35. The molecule has 2 heterocycles. The number of rotatable bonds is 4. The molecule has 2 saturated heterocycles. The lowest BCUT2D eigenvalue weighted by Crippen LogP contribution is -2.41. The maximum absolute atomic E-state index is 12.6. The number of carbonyl (C=O) groups excluding carboxylic acids is 6. The molecule has 0 radical (unpaired) electrons. The van der Waals surface area contributed by atoms with E-state index in [1.807, 2.05) is 24.3 Å². The standard InChI is InChI=1S/C22H20N2O7/c25-13(7-23-19(27)15-9-1-2-10(5-9)16(15)20(23)28)31-14(26)8-24-21(29)17-11-3-4-12(6-11)18(17)22(24)30/h1-4,9-12,15-18H,5-8H2/t9?,10?,11?,12?,15-,16+,17-,18+. The van der Waals surface area contributed by atoms with E-state index in [4.69, 9.17) is 4.74 Å². The molecule has 6 aliphatic rings. The Balaban J connectivity index is 1.07. The number of esters is 2. The molecule has 4 amide bonds. The minimum absolute atomic E-state index is 0.0190. The van der Waals surface area contributed by atoms with Crippen molar-refractivity contribution in [2.24, 2.45) is 47.3 Å². The normalized spacial score (nSPS) is 41.0. The largest absolute Gasteiger partial charge is 0.390 e. The number of nitrogens with zero attached hydrogens (tertiary/aromatic N) is 2. The summed E-state index contributed by atoms with van der Waals surface area (Å²) in [7, 11) is 0. The predicted octanol–water partition coefficient (Wildman–Crippen LogP) is -0.330. The third-order valence-corrected chi connectivity index (χ3v) is 7.93. The van der Waals surface area contributed by atoms with Crippen molar-refractivity contribution in [2.45, 2.75) is 12.8 Å². The van der Waals surface area contributed by atoms with Crippen molar-refractivity contribution in [2.75, 3.05) is 13.1 Å². The van der Waals surface area contributed by atoms with Gasteiger partial charge in [0, 0.05) is 0 Å². The van der Waals surface area contributed by atoms with E-state index in [1.165, 1.54) is 0 Å². The molecule has 4 bridgehead atoms. The third kappa shape index (κ3) is 2.43. The first-order valence-electron chi connectivity index (χ1n) is 10.7. The highest BCUT2D eigenvalue weighted by molar-refractivity contribution is 6.10. The van der Waals surface area contributed by atoms with Crippen LogP contribution in [0, 0.1) is 47.3 Å². The van der Waals surface area contributed by atoms with Gasteiger partial charge >= 0.3 is 11.9 Å². The van der Waals surface area contributed by atoms with Gasteiger partial charge in [0.15, 0.2) is 0 Å². The molecule has 9 nitrogen and oxygen atoms in total. The van der Waals surface area contributed by atoms with E-state index in [0.29, 0.717) is 0 Å². The Morgan fingerprint density at radius 1 is 0.645 bits per heavy atom. The molecule has 0 aromatic carbocycles. The van der Waals surface area contributed by atoms with Crippen LogP contribution in [0.3, 0.4) is 0 Å². The lowest BCUT2D eigenvalue weighted by atomic mass is 9.85. The van der Waals surface area contributed by atoms with Crippen LogP contribution in [0.2, 0.25) is 0 Å². The quantitative estimate of drug-likeness (QED) is 0.262. The van der Waals surface area contributed by atoms with Gasteiger partial charge in [0.2, 0.25) is 23.6 Å². The second kappa shape index (κ2) is 6.21. The number of fused-ring (bicyclic) bond motifs is 10. The van der Waals surface area contributed by atoms with Crippen LogP contribution in [0.1, 0.15) is 12.8 Å². The summed E-state index contributed by atoms with van der Waals surface area (Å²) in [6, 6.07) is 0. The monoisotopic (exact) mass is 424 g/mol. The first kappa shape index (κ1) is 18.7. The second-order valence-electron chi connectivity index (χ2n) is 9.37. The smallest absolute Gasteiger partial charge is 0.333 e. The van der Waals surface area contributed by atoms with Crippen molar-refractivity contribution in [3.8, 4) is 0 Å². The van der Waals surface area contributed by atoms with Crippen LogP contribution >= 0.6 is 0 Å². The number of allylic oxidation sites excluding steroid dienone is 4. The number of carbonyl (C=O) groups is 6. The average molecular weight is 424 g/mol. The summed E-state index contributed by atoms with van der Waals surface area (Å²) in [5.41, 5.74) is 0. The molecule has 0 aromatic rings. The van der Waals surface area contributed by atoms with E-state index < -0.39 is 72.3 Å². The Hall–Kier alpha value is -3.10. The fourth-order valence-electron chi connectivity index (χ4n) is 6.69. The molecule has 0 spiro atoms. The van der Waals surface area contributed by atoms with Crippen LogP contribution in [-0.4, -0.2) is 58.5 Å². The van der Waals surface area contributed by atoms with Gasteiger partial charge in [0.05, 0.1) is 23.7 Å². The third-order valence-electron chi connectivity index (χ3n) is 7.93. The van der Waals surface area contributed by atoms with Crippen LogP contribution in [0.25, 0.3) is 0 Å². The lowest BCUT2D eigenvalue weighted by Gasteiger charge is -2.17. The zero-order chi connectivity index (χ0) is 21.6. The van der Waals surface area contributed by atoms with E-state index in [0.717, 1.165) is 22.6 Å². The first-order chi connectivity index (χ1) is 14.8. The highest BCUT2D eigenvalue weighted by Crippen LogP contribution is 2.53. The Kier molecular flexibility index (Phi) is 3.74. The zero-order valence-corrected chi connectivity index (χ0v) is 16.5. The maximum Gasteiger partial charge on any atom is 0.333 e. The van der Waals surface area contributed by atoms with Crippen molar-refractivity contribution in [3.63, 3.8) is 0 Å². The number of ether oxygens (including phenoxy) is 1. The predicted molar refractivity (Wildman–Crippen MR) is 100.0 cm³/mol. The van der Waals surface area contributed by atoms with E-state index in [9.17, 15) is 28.8 Å². The summed E-state index contributed by atoms with van der Waals surface area (Å²) in [5, 5.41) is 0. The average Bonchev–Trinajstić information content (AvgIpc) is 3.55. The van der Waals surface area contributed by atoms with Gasteiger partial charge in [0.1, 0.15) is 13.1 Å². The SMILES string of the molecule is O=C(CN1C(=O)[C@@H]2C3C=CC(C3)[C@@H]2C1=O)OC(=O)CN1C(=O)[C@@H]2C3C=CC(C3)[C@@H]2C1=O. The summed E-state index contributed by atoms with van der Waals surface area (Å²) >= 11 is 0. The highest BCUT2D eigenvalue weighted by atomic mass is 16.6. The molecular weight excluding hydrogens is 404 g/mol. The molecule has 4 unspecified atom stereocenters. The van der Waals surface area contributed by atoms with Gasteiger partial charge in [-0.3, -0.25) is 29.0 Å². The maximum atomic E-state index is 12.6. The fraction of sp³-hybridized carbons (Fsp3) is 0.545. The summed E-state index contributed by atoms with van der Waals surface area (Å²) in [4.78, 5) is 76.7. The zero-order valence-electron chi connectivity index (χ0n) is 16.5. The Morgan fingerprint density at radius 2 is 0.935 bits per heavy atom. The van der Waals surface area contributed by atoms with E-state index in [1.54, 1.807) is 0 Å². The molecule has 6 rings (SSSR count). The Bertz CT molecular complexity index is 889. The van der Waals surface area contributed by atoms with Gasteiger partial charge in [-0.1, -0.05) is 24.3 Å². The Morgan fingerprint density at radius 3 is 1.23 bits per heavy atom. The van der Waals surface area contributed by atoms with E-state index >= 15 is 0 Å². The molecule has 0 aromatic heterocycles. The van der Waals surface area contributed by atoms with Gasteiger partial charge in [-0.25, -0.2) is 9.59 Å². The molecule has 8 atom stereocenters. The van der Waals surface area contributed by atoms with Gasteiger partial charge in [-0.2, -0.15) is 0 Å². The van der Waals surface area contributed by atoms with Crippen LogP contribution in [0.4, 0.5) is 0 Å². The van der Waals surface area contributed by atoms with Crippen molar-refractivity contribution < 1.29 is 33.5 Å². The number of imide groups is 2. The highest BCUT2D eigenvalue weighted by Gasteiger charge is 2.60. The molecule has 31 heavy (non-hydrogen) atoms. The minimum Gasteiger partial charge on any atom is -0.390 e. The van der Waals surface area contributed by atoms with Crippen LogP contribution in [0.15, 0.2) is 24.3 Å². The molecular formula is C22H20N2O7. The van der Waals surface area contributed by atoms with E-state index in [-0.39, 0.29) is 23.7 Å². The molecule has 9 heteroatoms. The summed E-state index contributed by atoms with van der Waals surface area (Å²) in [5.74, 6) is -5.39. The fourth-order valence-corrected chi connectivity index (χ4v) is 6.69.